The molecule has 0 atom stereocenters. The molecule has 2 rings (SSSR count). The van der Waals surface area contributed by atoms with Crippen molar-refractivity contribution < 1.29 is 4.39 Å². The number of aromatic amines is 1. The summed E-state index contributed by atoms with van der Waals surface area (Å²) in [6.07, 6.45) is 2.63. The van der Waals surface area contributed by atoms with Crippen LogP contribution in [-0.4, -0.2) is 16.7 Å². The maximum absolute atomic E-state index is 12.6. The second kappa shape index (κ2) is 5.42. The molecule has 0 aliphatic rings. The van der Waals surface area contributed by atoms with Gasteiger partial charge in [-0.3, -0.25) is 5.10 Å². The number of nitrogens with one attached hydrogen (secondary N) is 2. The fraction of sp³-hybridized carbons (Fsp3) is 0.250. The van der Waals surface area contributed by atoms with E-state index < -0.39 is 0 Å². The maximum Gasteiger partial charge on any atom is 0.123 e. The van der Waals surface area contributed by atoms with E-state index in [-0.39, 0.29) is 5.82 Å². The van der Waals surface area contributed by atoms with Crippen molar-refractivity contribution in [3.05, 3.63) is 53.6 Å². The number of rotatable bonds is 5. The molecule has 0 amide bonds. The average Bonchev–Trinajstić information content (AvgIpc) is 2.80. The third-order valence-electron chi connectivity index (χ3n) is 2.38. The van der Waals surface area contributed by atoms with Crippen molar-refractivity contribution in [2.24, 2.45) is 0 Å². The molecule has 3 nitrogen and oxygen atoms in total. The summed E-state index contributed by atoms with van der Waals surface area (Å²) >= 11 is 0. The molecule has 1 aromatic heterocycles. The van der Waals surface area contributed by atoms with Gasteiger partial charge in [-0.15, -0.1) is 0 Å². The predicted molar refractivity (Wildman–Crippen MR) is 60.4 cm³/mol. The highest BCUT2D eigenvalue weighted by molar-refractivity contribution is 5.16. The van der Waals surface area contributed by atoms with Gasteiger partial charge in [-0.25, -0.2) is 4.39 Å². The van der Waals surface area contributed by atoms with Gasteiger partial charge in [0.2, 0.25) is 0 Å². The Bertz CT molecular complexity index is 408. The number of aromatic nitrogens is 2. The molecule has 2 N–H and O–H groups in total. The van der Waals surface area contributed by atoms with Crippen LogP contribution in [0.25, 0.3) is 0 Å². The van der Waals surface area contributed by atoms with Gasteiger partial charge >= 0.3 is 0 Å². The van der Waals surface area contributed by atoms with Gasteiger partial charge in [0, 0.05) is 18.4 Å². The Morgan fingerprint density at radius 2 is 2.00 bits per heavy atom. The Hall–Kier alpha value is -1.68. The standard InChI is InChI=1S/C12H14FN3/c13-11-3-1-10(2-4-11)5-7-14-9-12-6-8-15-16-12/h1-4,6,8,14H,5,7,9H2,(H,15,16). The summed E-state index contributed by atoms with van der Waals surface area (Å²) in [5.74, 6) is -0.186. The molecule has 0 saturated heterocycles. The summed E-state index contributed by atoms with van der Waals surface area (Å²) in [5, 5.41) is 10.0. The molecule has 0 radical (unpaired) electrons. The van der Waals surface area contributed by atoms with E-state index in [9.17, 15) is 4.39 Å². The van der Waals surface area contributed by atoms with Crippen molar-refractivity contribution in [2.45, 2.75) is 13.0 Å². The lowest BCUT2D eigenvalue weighted by Crippen LogP contribution is -2.16. The van der Waals surface area contributed by atoms with Gasteiger partial charge in [-0.2, -0.15) is 5.10 Å². The first-order chi connectivity index (χ1) is 7.84. The van der Waals surface area contributed by atoms with E-state index in [0.717, 1.165) is 30.8 Å². The van der Waals surface area contributed by atoms with Crippen LogP contribution in [0.5, 0.6) is 0 Å². The topological polar surface area (TPSA) is 40.7 Å². The lowest BCUT2D eigenvalue weighted by Gasteiger charge is -2.03. The van der Waals surface area contributed by atoms with Crippen molar-refractivity contribution in [1.29, 1.82) is 0 Å². The number of hydrogen-bond donors (Lipinski definition) is 2. The number of halogens is 1. The molecule has 84 valence electrons. The second-order valence-electron chi connectivity index (χ2n) is 3.64. The minimum Gasteiger partial charge on any atom is -0.311 e. The number of nitrogens with zero attached hydrogens (tertiary/aromatic N) is 1. The zero-order valence-corrected chi connectivity index (χ0v) is 8.91. The van der Waals surface area contributed by atoms with E-state index in [0.29, 0.717) is 0 Å². The van der Waals surface area contributed by atoms with Crippen LogP contribution in [0, 0.1) is 5.82 Å². The number of hydrogen-bond acceptors (Lipinski definition) is 2. The number of H-pyrrole nitrogens is 1. The molecule has 4 heteroatoms. The first-order valence-corrected chi connectivity index (χ1v) is 5.28. The fourth-order valence-electron chi connectivity index (χ4n) is 1.49. The van der Waals surface area contributed by atoms with E-state index in [4.69, 9.17) is 0 Å². The van der Waals surface area contributed by atoms with Crippen LogP contribution in [0.4, 0.5) is 4.39 Å². The van der Waals surface area contributed by atoms with E-state index in [1.165, 1.54) is 12.1 Å². The van der Waals surface area contributed by atoms with Crippen LogP contribution >= 0.6 is 0 Å². The van der Waals surface area contributed by atoms with Gasteiger partial charge < -0.3 is 5.32 Å². The van der Waals surface area contributed by atoms with Gasteiger partial charge in [0.25, 0.3) is 0 Å². The molecule has 1 heterocycles. The first-order valence-electron chi connectivity index (χ1n) is 5.28. The first kappa shape index (κ1) is 10.8. The van der Waals surface area contributed by atoms with Crippen LogP contribution in [-0.2, 0) is 13.0 Å². The normalized spacial score (nSPS) is 10.6. The van der Waals surface area contributed by atoms with Gasteiger partial charge in [-0.05, 0) is 36.7 Å². The summed E-state index contributed by atoms with van der Waals surface area (Å²) < 4.78 is 12.6. The smallest absolute Gasteiger partial charge is 0.123 e. The summed E-state index contributed by atoms with van der Waals surface area (Å²) in [7, 11) is 0. The molecule has 0 unspecified atom stereocenters. The summed E-state index contributed by atoms with van der Waals surface area (Å²) in [4.78, 5) is 0. The highest BCUT2D eigenvalue weighted by atomic mass is 19.1. The number of benzene rings is 1. The molecule has 0 fully saturated rings. The Labute approximate surface area is 93.7 Å². The minimum absolute atomic E-state index is 0.186. The molecular weight excluding hydrogens is 205 g/mol. The highest BCUT2D eigenvalue weighted by Gasteiger charge is 1.95. The summed E-state index contributed by atoms with van der Waals surface area (Å²) in [5.41, 5.74) is 2.21. The van der Waals surface area contributed by atoms with E-state index in [1.807, 2.05) is 18.2 Å². The van der Waals surface area contributed by atoms with E-state index >= 15 is 0 Å². The molecule has 2 aromatic rings. The Morgan fingerprint density at radius 1 is 1.19 bits per heavy atom. The molecular formula is C12H14FN3. The van der Waals surface area contributed by atoms with Crippen LogP contribution in [0.1, 0.15) is 11.3 Å². The van der Waals surface area contributed by atoms with Crippen LogP contribution in [0.3, 0.4) is 0 Å². The van der Waals surface area contributed by atoms with Crippen molar-refractivity contribution in [3.8, 4) is 0 Å². The van der Waals surface area contributed by atoms with Crippen LogP contribution < -0.4 is 5.32 Å². The lowest BCUT2D eigenvalue weighted by molar-refractivity contribution is 0.625. The SMILES string of the molecule is Fc1ccc(CCNCc2ccn[nH]2)cc1. The molecule has 0 aliphatic heterocycles. The average molecular weight is 219 g/mol. The highest BCUT2D eigenvalue weighted by Crippen LogP contribution is 2.02. The fourth-order valence-corrected chi connectivity index (χ4v) is 1.49. The zero-order valence-electron chi connectivity index (χ0n) is 8.91. The molecule has 0 saturated carbocycles. The lowest BCUT2D eigenvalue weighted by atomic mass is 10.1. The third kappa shape index (κ3) is 3.17. The Morgan fingerprint density at radius 3 is 2.69 bits per heavy atom. The monoisotopic (exact) mass is 219 g/mol. The van der Waals surface area contributed by atoms with Crippen molar-refractivity contribution in [3.63, 3.8) is 0 Å². The Balaban J connectivity index is 1.70. The van der Waals surface area contributed by atoms with Crippen LogP contribution in [0.2, 0.25) is 0 Å². The minimum atomic E-state index is -0.186. The van der Waals surface area contributed by atoms with Crippen molar-refractivity contribution >= 4 is 0 Å². The predicted octanol–water partition coefficient (Wildman–Crippen LogP) is 1.88. The maximum atomic E-state index is 12.6. The second-order valence-corrected chi connectivity index (χ2v) is 3.64. The third-order valence-corrected chi connectivity index (χ3v) is 2.38. The van der Waals surface area contributed by atoms with Crippen molar-refractivity contribution in [1.82, 2.24) is 15.5 Å². The van der Waals surface area contributed by atoms with Crippen LogP contribution in [0.15, 0.2) is 36.5 Å². The van der Waals surface area contributed by atoms with Gasteiger partial charge in [-0.1, -0.05) is 12.1 Å². The zero-order chi connectivity index (χ0) is 11.2. The Kier molecular flexibility index (Phi) is 3.66. The van der Waals surface area contributed by atoms with E-state index in [2.05, 4.69) is 15.5 Å². The van der Waals surface area contributed by atoms with Crippen molar-refractivity contribution in [2.75, 3.05) is 6.54 Å². The van der Waals surface area contributed by atoms with Gasteiger partial charge in [0.05, 0.1) is 0 Å². The van der Waals surface area contributed by atoms with Gasteiger partial charge in [0.15, 0.2) is 0 Å². The molecule has 0 aliphatic carbocycles. The largest absolute Gasteiger partial charge is 0.311 e. The van der Waals surface area contributed by atoms with Gasteiger partial charge in [0.1, 0.15) is 5.82 Å². The quantitative estimate of drug-likeness (QED) is 0.754. The molecule has 1 aromatic carbocycles. The summed E-state index contributed by atoms with van der Waals surface area (Å²) in [6, 6.07) is 8.54. The molecule has 0 bridgehead atoms. The summed E-state index contributed by atoms with van der Waals surface area (Å²) in [6.45, 7) is 1.64. The molecule has 0 spiro atoms. The van der Waals surface area contributed by atoms with E-state index in [1.54, 1.807) is 6.20 Å². The molecule has 16 heavy (non-hydrogen) atoms.